The Hall–Kier alpha value is -1.62. The van der Waals surface area contributed by atoms with Gasteiger partial charge in [0.15, 0.2) is 0 Å². The Morgan fingerprint density at radius 3 is 2.33 bits per heavy atom. The van der Waals surface area contributed by atoms with E-state index in [2.05, 4.69) is 4.98 Å². The van der Waals surface area contributed by atoms with Crippen LogP contribution in [0.2, 0.25) is 10.0 Å². The van der Waals surface area contributed by atoms with E-state index in [9.17, 15) is 8.78 Å². The minimum Gasteiger partial charge on any atom is -0.264 e. The van der Waals surface area contributed by atoms with Crippen LogP contribution in [-0.2, 0) is 0 Å². The summed E-state index contributed by atoms with van der Waals surface area (Å²) in [6.07, 6.45) is 3.28. The van der Waals surface area contributed by atoms with Crippen molar-refractivity contribution in [2.75, 3.05) is 0 Å². The van der Waals surface area contributed by atoms with Gasteiger partial charge in [0.1, 0.15) is 11.6 Å². The fourth-order valence-electron chi connectivity index (χ4n) is 2.27. The molecule has 0 aliphatic rings. The SMILES string of the molecule is Fc1ccc(C(Sc2c(Cl)cccc2Cl)c2cccnc2)c(F)c1. The predicted octanol–water partition coefficient (Wildman–Crippen LogP) is 6.55. The Morgan fingerprint density at radius 1 is 0.958 bits per heavy atom. The summed E-state index contributed by atoms with van der Waals surface area (Å²) in [6, 6.07) is 12.3. The largest absolute Gasteiger partial charge is 0.264 e. The highest BCUT2D eigenvalue weighted by Gasteiger charge is 2.22. The maximum absolute atomic E-state index is 14.4. The summed E-state index contributed by atoms with van der Waals surface area (Å²) < 4.78 is 27.6. The van der Waals surface area contributed by atoms with Gasteiger partial charge in [0.2, 0.25) is 0 Å². The molecule has 0 spiro atoms. The van der Waals surface area contributed by atoms with E-state index in [0.717, 1.165) is 11.6 Å². The lowest BCUT2D eigenvalue weighted by molar-refractivity contribution is 0.574. The van der Waals surface area contributed by atoms with E-state index in [1.807, 2.05) is 6.07 Å². The first kappa shape index (κ1) is 17.2. The van der Waals surface area contributed by atoms with Gasteiger partial charge >= 0.3 is 0 Å². The highest BCUT2D eigenvalue weighted by molar-refractivity contribution is 8.00. The van der Waals surface area contributed by atoms with E-state index in [1.165, 1.54) is 23.9 Å². The highest BCUT2D eigenvalue weighted by atomic mass is 35.5. The van der Waals surface area contributed by atoms with Crippen molar-refractivity contribution in [3.05, 3.63) is 93.7 Å². The molecule has 3 aromatic rings. The van der Waals surface area contributed by atoms with Crippen molar-refractivity contribution in [1.29, 1.82) is 0 Å². The summed E-state index contributed by atoms with van der Waals surface area (Å²) in [5.41, 5.74) is 1.11. The minimum atomic E-state index is -0.625. The molecular weight excluding hydrogens is 371 g/mol. The van der Waals surface area contributed by atoms with Crippen LogP contribution in [0, 0.1) is 11.6 Å². The Kier molecular flexibility index (Phi) is 5.39. The van der Waals surface area contributed by atoms with Gasteiger partial charge in [-0.25, -0.2) is 8.78 Å². The second-order valence-electron chi connectivity index (χ2n) is 5.00. The number of halogens is 4. The van der Waals surface area contributed by atoms with Crippen LogP contribution >= 0.6 is 35.0 Å². The third-order valence-corrected chi connectivity index (χ3v) is 5.68. The number of nitrogens with zero attached hydrogens (tertiary/aromatic N) is 1. The van der Waals surface area contributed by atoms with Gasteiger partial charge in [0.25, 0.3) is 0 Å². The molecule has 0 bridgehead atoms. The molecule has 0 fully saturated rings. The summed E-state index contributed by atoms with van der Waals surface area (Å²) in [5.74, 6) is -1.25. The maximum atomic E-state index is 14.4. The molecule has 0 aliphatic carbocycles. The first-order chi connectivity index (χ1) is 11.6. The third-order valence-electron chi connectivity index (χ3n) is 3.39. The summed E-state index contributed by atoms with van der Waals surface area (Å²) in [4.78, 5) is 4.73. The Labute approximate surface area is 152 Å². The number of benzene rings is 2. The van der Waals surface area contributed by atoms with Gasteiger partial charge in [-0.05, 0) is 29.8 Å². The zero-order valence-electron chi connectivity index (χ0n) is 12.2. The molecule has 0 saturated heterocycles. The van der Waals surface area contributed by atoms with Crippen LogP contribution in [0.3, 0.4) is 0 Å². The van der Waals surface area contributed by atoms with Crippen molar-refractivity contribution in [2.45, 2.75) is 10.1 Å². The first-order valence-corrected chi connectivity index (χ1v) is 8.65. The zero-order chi connectivity index (χ0) is 17.1. The van der Waals surface area contributed by atoms with Crippen LogP contribution in [0.4, 0.5) is 8.78 Å². The average Bonchev–Trinajstić information content (AvgIpc) is 2.56. The lowest BCUT2D eigenvalue weighted by atomic mass is 10.1. The van der Waals surface area contributed by atoms with Crippen molar-refractivity contribution in [1.82, 2.24) is 4.98 Å². The molecular formula is C18H11Cl2F2NS. The molecule has 0 aliphatic heterocycles. The molecule has 1 atom stereocenters. The quantitative estimate of drug-likeness (QED) is 0.475. The van der Waals surface area contributed by atoms with E-state index < -0.39 is 16.9 Å². The molecule has 0 saturated carbocycles. The van der Waals surface area contributed by atoms with Gasteiger partial charge in [-0.1, -0.05) is 41.4 Å². The number of hydrogen-bond donors (Lipinski definition) is 0. The van der Waals surface area contributed by atoms with Crippen molar-refractivity contribution in [2.24, 2.45) is 0 Å². The summed E-state index contributed by atoms with van der Waals surface area (Å²) in [7, 11) is 0. The molecule has 3 rings (SSSR count). The zero-order valence-corrected chi connectivity index (χ0v) is 14.5. The molecule has 6 heteroatoms. The van der Waals surface area contributed by atoms with Gasteiger partial charge in [0.05, 0.1) is 15.3 Å². The number of hydrogen-bond acceptors (Lipinski definition) is 2. The van der Waals surface area contributed by atoms with Crippen molar-refractivity contribution in [3.8, 4) is 0 Å². The van der Waals surface area contributed by atoms with E-state index >= 15 is 0 Å². The molecule has 2 aromatic carbocycles. The van der Waals surface area contributed by atoms with Gasteiger partial charge < -0.3 is 0 Å². The van der Waals surface area contributed by atoms with Gasteiger partial charge in [-0.3, -0.25) is 4.98 Å². The number of pyridine rings is 1. The van der Waals surface area contributed by atoms with Crippen LogP contribution in [0.1, 0.15) is 16.4 Å². The molecule has 0 radical (unpaired) electrons. The number of aromatic nitrogens is 1. The standard InChI is InChI=1S/C18H11Cl2F2NS/c19-14-4-1-5-15(20)18(14)24-17(11-3-2-8-23-10-11)13-7-6-12(21)9-16(13)22/h1-10,17H. The van der Waals surface area contributed by atoms with Crippen molar-refractivity contribution >= 4 is 35.0 Å². The molecule has 1 aromatic heterocycles. The first-order valence-electron chi connectivity index (χ1n) is 7.02. The van der Waals surface area contributed by atoms with E-state index in [1.54, 1.807) is 36.7 Å². The molecule has 24 heavy (non-hydrogen) atoms. The van der Waals surface area contributed by atoms with E-state index in [-0.39, 0.29) is 0 Å². The van der Waals surface area contributed by atoms with E-state index in [4.69, 9.17) is 23.2 Å². The summed E-state index contributed by atoms with van der Waals surface area (Å²) in [5, 5.41) is 0.490. The van der Waals surface area contributed by atoms with Gasteiger partial charge in [0, 0.05) is 28.9 Å². The number of rotatable bonds is 4. The second-order valence-corrected chi connectivity index (χ2v) is 6.93. The van der Waals surface area contributed by atoms with Crippen molar-refractivity contribution in [3.63, 3.8) is 0 Å². The molecule has 122 valence electrons. The summed E-state index contributed by atoms with van der Waals surface area (Å²) >= 11 is 13.8. The lowest BCUT2D eigenvalue weighted by Gasteiger charge is -2.19. The Bertz CT molecular complexity index is 839. The molecule has 0 N–H and O–H groups in total. The number of thioether (sulfide) groups is 1. The maximum Gasteiger partial charge on any atom is 0.130 e. The van der Waals surface area contributed by atoms with Crippen LogP contribution < -0.4 is 0 Å². The Balaban J connectivity index is 2.09. The fourth-order valence-corrected chi connectivity index (χ4v) is 4.12. The van der Waals surface area contributed by atoms with Crippen LogP contribution in [0.5, 0.6) is 0 Å². The van der Waals surface area contributed by atoms with Gasteiger partial charge in [-0.15, -0.1) is 11.8 Å². The van der Waals surface area contributed by atoms with Crippen molar-refractivity contribution < 1.29 is 8.78 Å². The normalized spacial score (nSPS) is 12.2. The minimum absolute atomic E-state index is 0.338. The second kappa shape index (κ2) is 7.51. The van der Waals surface area contributed by atoms with Crippen LogP contribution in [-0.4, -0.2) is 4.98 Å². The molecule has 1 unspecified atom stereocenters. The predicted molar refractivity (Wildman–Crippen MR) is 94.8 cm³/mol. The van der Waals surface area contributed by atoms with Crippen LogP contribution in [0.15, 0.2) is 65.8 Å². The van der Waals surface area contributed by atoms with E-state index in [0.29, 0.717) is 20.5 Å². The average molecular weight is 382 g/mol. The lowest BCUT2D eigenvalue weighted by Crippen LogP contribution is -2.01. The monoisotopic (exact) mass is 381 g/mol. The Morgan fingerprint density at radius 2 is 1.71 bits per heavy atom. The molecule has 1 heterocycles. The van der Waals surface area contributed by atoms with Gasteiger partial charge in [-0.2, -0.15) is 0 Å². The highest BCUT2D eigenvalue weighted by Crippen LogP contribution is 2.46. The molecule has 0 amide bonds. The molecule has 1 nitrogen and oxygen atoms in total. The summed E-state index contributed by atoms with van der Waals surface area (Å²) in [6.45, 7) is 0. The smallest absolute Gasteiger partial charge is 0.130 e. The fraction of sp³-hybridized carbons (Fsp3) is 0.0556. The van der Waals surface area contributed by atoms with Crippen LogP contribution in [0.25, 0.3) is 0 Å². The topological polar surface area (TPSA) is 12.9 Å². The third kappa shape index (κ3) is 3.72.